The van der Waals surface area contributed by atoms with Gasteiger partial charge in [0, 0.05) is 18.0 Å². The standard InChI is InChI=1S/C19H23ClN2O4S/c1-27(24,25)22(17-11-9-16(20)10-12-17)14-5-8-19(23)21-13-15-26-18-6-3-2-4-7-18/h2-4,6-7,9-12H,5,8,13-15H2,1H3,(H,21,23). The Morgan fingerprint density at radius 2 is 1.78 bits per heavy atom. The van der Waals surface area contributed by atoms with Crippen LogP contribution in [0.3, 0.4) is 0 Å². The molecule has 0 saturated heterocycles. The first-order chi connectivity index (χ1) is 12.9. The molecule has 2 rings (SSSR count). The van der Waals surface area contributed by atoms with E-state index in [-0.39, 0.29) is 18.9 Å². The maximum atomic E-state index is 12.0. The Hall–Kier alpha value is -2.25. The molecule has 0 aliphatic heterocycles. The van der Waals surface area contributed by atoms with E-state index in [1.54, 1.807) is 24.3 Å². The maximum absolute atomic E-state index is 12.0. The number of hydrogen-bond donors (Lipinski definition) is 1. The first-order valence-electron chi connectivity index (χ1n) is 8.54. The molecule has 6 nitrogen and oxygen atoms in total. The van der Waals surface area contributed by atoms with Crippen molar-refractivity contribution in [3.8, 4) is 5.75 Å². The minimum Gasteiger partial charge on any atom is -0.492 e. The largest absolute Gasteiger partial charge is 0.492 e. The lowest BCUT2D eigenvalue weighted by atomic mass is 10.2. The molecule has 0 heterocycles. The Kier molecular flexibility index (Phi) is 7.94. The van der Waals surface area contributed by atoms with Crippen molar-refractivity contribution in [1.82, 2.24) is 5.32 Å². The van der Waals surface area contributed by atoms with E-state index in [1.807, 2.05) is 30.3 Å². The summed E-state index contributed by atoms with van der Waals surface area (Å²) in [7, 11) is -3.44. The average molecular weight is 411 g/mol. The Labute approximate surface area is 165 Å². The van der Waals surface area contributed by atoms with Crippen molar-refractivity contribution < 1.29 is 17.9 Å². The number of nitrogens with one attached hydrogen (secondary N) is 1. The Morgan fingerprint density at radius 3 is 2.41 bits per heavy atom. The number of sulfonamides is 1. The Bertz CT molecular complexity index is 827. The van der Waals surface area contributed by atoms with Gasteiger partial charge in [-0.05, 0) is 42.8 Å². The second kappa shape index (κ2) is 10.2. The number of rotatable bonds is 10. The number of hydrogen-bond acceptors (Lipinski definition) is 4. The first kappa shape index (κ1) is 21.1. The number of nitrogens with zero attached hydrogens (tertiary/aromatic N) is 1. The highest BCUT2D eigenvalue weighted by atomic mass is 35.5. The van der Waals surface area contributed by atoms with Crippen LogP contribution in [0.5, 0.6) is 5.75 Å². The van der Waals surface area contributed by atoms with Crippen molar-refractivity contribution in [3.63, 3.8) is 0 Å². The molecule has 0 aliphatic carbocycles. The highest BCUT2D eigenvalue weighted by molar-refractivity contribution is 7.92. The van der Waals surface area contributed by atoms with Gasteiger partial charge in [-0.3, -0.25) is 9.10 Å². The third kappa shape index (κ3) is 7.48. The van der Waals surface area contributed by atoms with Gasteiger partial charge in [0.25, 0.3) is 0 Å². The summed E-state index contributed by atoms with van der Waals surface area (Å²) < 4.78 is 30.8. The molecule has 0 fully saturated rings. The number of halogens is 1. The summed E-state index contributed by atoms with van der Waals surface area (Å²) in [5, 5.41) is 3.30. The van der Waals surface area contributed by atoms with E-state index in [2.05, 4.69) is 5.32 Å². The molecule has 0 aromatic heterocycles. The summed E-state index contributed by atoms with van der Waals surface area (Å²) in [4.78, 5) is 11.9. The van der Waals surface area contributed by atoms with Gasteiger partial charge in [-0.1, -0.05) is 29.8 Å². The molecule has 1 N–H and O–H groups in total. The lowest BCUT2D eigenvalue weighted by molar-refractivity contribution is -0.121. The van der Waals surface area contributed by atoms with E-state index < -0.39 is 10.0 Å². The van der Waals surface area contributed by atoms with Gasteiger partial charge < -0.3 is 10.1 Å². The van der Waals surface area contributed by atoms with E-state index in [1.165, 1.54) is 4.31 Å². The molecule has 146 valence electrons. The third-order valence-corrected chi connectivity index (χ3v) is 5.16. The van der Waals surface area contributed by atoms with Crippen LogP contribution >= 0.6 is 11.6 Å². The summed E-state index contributed by atoms with van der Waals surface area (Å²) >= 11 is 5.84. The lowest BCUT2D eigenvalue weighted by Gasteiger charge is -2.22. The predicted octanol–water partition coefficient (Wildman–Crippen LogP) is 3.08. The fraction of sp³-hybridized carbons (Fsp3) is 0.316. The van der Waals surface area contributed by atoms with Crippen LogP contribution in [-0.2, 0) is 14.8 Å². The second-order valence-corrected chi connectivity index (χ2v) is 8.27. The zero-order valence-corrected chi connectivity index (χ0v) is 16.7. The van der Waals surface area contributed by atoms with Crippen LogP contribution in [0.25, 0.3) is 0 Å². The highest BCUT2D eigenvalue weighted by Gasteiger charge is 2.17. The van der Waals surface area contributed by atoms with E-state index in [9.17, 15) is 13.2 Å². The lowest BCUT2D eigenvalue weighted by Crippen LogP contribution is -2.32. The van der Waals surface area contributed by atoms with Gasteiger partial charge in [0.05, 0.1) is 18.5 Å². The van der Waals surface area contributed by atoms with Gasteiger partial charge in [0.2, 0.25) is 15.9 Å². The molecule has 2 aromatic carbocycles. The maximum Gasteiger partial charge on any atom is 0.232 e. The monoisotopic (exact) mass is 410 g/mol. The SMILES string of the molecule is CS(=O)(=O)N(CCCC(=O)NCCOc1ccccc1)c1ccc(Cl)cc1. The van der Waals surface area contributed by atoms with Crippen LogP contribution in [0, 0.1) is 0 Å². The average Bonchev–Trinajstić information content (AvgIpc) is 2.63. The Morgan fingerprint density at radius 1 is 1.11 bits per heavy atom. The highest BCUT2D eigenvalue weighted by Crippen LogP contribution is 2.20. The van der Waals surface area contributed by atoms with Crippen LogP contribution in [-0.4, -0.2) is 40.3 Å². The molecule has 0 aliphatic rings. The minimum atomic E-state index is -3.44. The summed E-state index contributed by atoms with van der Waals surface area (Å²) in [5.74, 6) is 0.606. The summed E-state index contributed by atoms with van der Waals surface area (Å²) in [6, 6.07) is 15.9. The number of amides is 1. The molecule has 0 atom stereocenters. The zero-order valence-electron chi connectivity index (χ0n) is 15.1. The second-order valence-electron chi connectivity index (χ2n) is 5.93. The van der Waals surface area contributed by atoms with Gasteiger partial charge in [0.15, 0.2) is 0 Å². The topological polar surface area (TPSA) is 75.7 Å². The molecule has 0 unspecified atom stereocenters. The first-order valence-corrected chi connectivity index (χ1v) is 10.8. The van der Waals surface area contributed by atoms with Gasteiger partial charge in [0.1, 0.15) is 12.4 Å². The number of para-hydroxylation sites is 1. The van der Waals surface area contributed by atoms with Gasteiger partial charge >= 0.3 is 0 Å². The van der Waals surface area contributed by atoms with E-state index in [0.717, 1.165) is 12.0 Å². The molecule has 0 saturated carbocycles. The number of anilines is 1. The summed E-state index contributed by atoms with van der Waals surface area (Å²) in [5.41, 5.74) is 0.526. The van der Waals surface area contributed by atoms with Crippen molar-refractivity contribution in [2.24, 2.45) is 0 Å². The minimum absolute atomic E-state index is 0.142. The van der Waals surface area contributed by atoms with Crippen LogP contribution in [0.4, 0.5) is 5.69 Å². The fourth-order valence-corrected chi connectivity index (χ4v) is 3.53. The van der Waals surface area contributed by atoms with Crippen molar-refractivity contribution in [1.29, 1.82) is 0 Å². The zero-order chi connectivity index (χ0) is 19.7. The van der Waals surface area contributed by atoms with E-state index >= 15 is 0 Å². The Balaban J connectivity index is 1.74. The number of benzene rings is 2. The van der Waals surface area contributed by atoms with Crippen LogP contribution in [0.1, 0.15) is 12.8 Å². The molecule has 1 amide bonds. The fourth-order valence-electron chi connectivity index (χ4n) is 2.44. The van der Waals surface area contributed by atoms with Crippen molar-refractivity contribution >= 4 is 33.2 Å². The third-order valence-electron chi connectivity index (χ3n) is 3.72. The molecule has 27 heavy (non-hydrogen) atoms. The van der Waals surface area contributed by atoms with Crippen LogP contribution in [0.15, 0.2) is 54.6 Å². The van der Waals surface area contributed by atoms with Crippen LogP contribution in [0.2, 0.25) is 5.02 Å². The van der Waals surface area contributed by atoms with Gasteiger partial charge in [-0.2, -0.15) is 0 Å². The molecular weight excluding hydrogens is 388 g/mol. The number of carbonyl (C=O) groups excluding carboxylic acids is 1. The molecule has 0 radical (unpaired) electrons. The number of carbonyl (C=O) groups is 1. The normalized spacial score (nSPS) is 11.0. The summed E-state index contributed by atoms with van der Waals surface area (Å²) in [6.45, 7) is 0.977. The molecule has 0 spiro atoms. The predicted molar refractivity (Wildman–Crippen MR) is 108 cm³/mol. The molecular formula is C19H23ClN2O4S. The van der Waals surface area contributed by atoms with Gasteiger partial charge in [-0.25, -0.2) is 8.42 Å². The number of ether oxygens (including phenoxy) is 1. The molecule has 0 bridgehead atoms. The van der Waals surface area contributed by atoms with Gasteiger partial charge in [-0.15, -0.1) is 0 Å². The van der Waals surface area contributed by atoms with Crippen molar-refractivity contribution in [2.75, 3.05) is 30.3 Å². The van der Waals surface area contributed by atoms with Crippen molar-refractivity contribution in [2.45, 2.75) is 12.8 Å². The van der Waals surface area contributed by atoms with E-state index in [4.69, 9.17) is 16.3 Å². The van der Waals surface area contributed by atoms with Crippen molar-refractivity contribution in [3.05, 3.63) is 59.6 Å². The smallest absolute Gasteiger partial charge is 0.232 e. The quantitative estimate of drug-likeness (QED) is 0.611. The molecule has 2 aromatic rings. The van der Waals surface area contributed by atoms with E-state index in [0.29, 0.717) is 30.3 Å². The molecule has 8 heteroatoms. The summed E-state index contributed by atoms with van der Waals surface area (Å²) in [6.07, 6.45) is 1.77. The van der Waals surface area contributed by atoms with Crippen LogP contribution < -0.4 is 14.4 Å².